The molecule has 1 aliphatic heterocycles. The van der Waals surface area contributed by atoms with E-state index in [1.807, 2.05) is 24.3 Å². The van der Waals surface area contributed by atoms with Gasteiger partial charge < -0.3 is 19.5 Å². The van der Waals surface area contributed by atoms with Crippen LogP contribution >= 0.6 is 27.3 Å². The van der Waals surface area contributed by atoms with Crippen LogP contribution in [0.1, 0.15) is 39.3 Å². The molecule has 0 spiro atoms. The summed E-state index contributed by atoms with van der Waals surface area (Å²) in [4.78, 5) is 25.4. The Morgan fingerprint density at radius 3 is 2.63 bits per heavy atom. The van der Waals surface area contributed by atoms with E-state index in [2.05, 4.69) is 21.2 Å². The monoisotopic (exact) mass is 487 g/mol. The maximum atomic E-state index is 12.7. The van der Waals surface area contributed by atoms with E-state index in [4.69, 9.17) is 14.2 Å². The van der Waals surface area contributed by atoms with Gasteiger partial charge in [-0.25, -0.2) is 4.79 Å². The van der Waals surface area contributed by atoms with Crippen molar-refractivity contribution in [3.05, 3.63) is 75.1 Å². The second-order valence-corrected chi connectivity index (χ2v) is 8.24. The molecule has 0 saturated carbocycles. The minimum Gasteiger partial charge on any atom is -0.485 e. The van der Waals surface area contributed by atoms with Crippen LogP contribution in [0.5, 0.6) is 11.5 Å². The lowest BCUT2D eigenvalue weighted by Crippen LogP contribution is -2.24. The fourth-order valence-electron chi connectivity index (χ4n) is 3.06. The first kappa shape index (κ1) is 20.4. The van der Waals surface area contributed by atoms with Crippen LogP contribution < -0.4 is 14.8 Å². The van der Waals surface area contributed by atoms with E-state index in [0.717, 1.165) is 4.47 Å². The quantitative estimate of drug-likeness (QED) is 0.484. The van der Waals surface area contributed by atoms with Crippen molar-refractivity contribution in [1.82, 2.24) is 0 Å². The number of thiophene rings is 1. The first-order valence-corrected chi connectivity index (χ1v) is 11.0. The third-order valence-corrected chi connectivity index (χ3v) is 5.93. The molecule has 0 bridgehead atoms. The smallest absolute Gasteiger partial charge is 0.341 e. The largest absolute Gasteiger partial charge is 0.485 e. The first-order chi connectivity index (χ1) is 14.6. The van der Waals surface area contributed by atoms with Crippen LogP contribution in [-0.2, 0) is 4.74 Å². The number of anilines is 1. The second kappa shape index (κ2) is 8.89. The number of benzene rings is 2. The normalized spacial score (nSPS) is 14.8. The van der Waals surface area contributed by atoms with Crippen molar-refractivity contribution in [3.8, 4) is 11.5 Å². The van der Waals surface area contributed by atoms with E-state index in [1.54, 1.807) is 36.6 Å². The van der Waals surface area contributed by atoms with Crippen LogP contribution in [0.25, 0.3) is 0 Å². The van der Waals surface area contributed by atoms with Gasteiger partial charge in [-0.3, -0.25) is 4.79 Å². The highest BCUT2D eigenvalue weighted by Gasteiger charge is 2.31. The van der Waals surface area contributed by atoms with Gasteiger partial charge in [0.1, 0.15) is 17.2 Å². The molecule has 2 aromatic carbocycles. The molecule has 1 amide bonds. The summed E-state index contributed by atoms with van der Waals surface area (Å²) in [6, 6.07) is 14.3. The lowest BCUT2D eigenvalue weighted by Gasteiger charge is -2.26. The average molecular weight is 488 g/mol. The standard InChI is InChI=1S/C22H18BrNO5S/c1-2-27-22(26)19-15(18-11-28-16-5-3-4-6-17(16)29-18)12-30-21(19)24-20(25)13-7-9-14(23)10-8-13/h3-10,12,18H,2,11H2,1H3,(H,24,25). The molecule has 1 atom stereocenters. The number of hydrogen-bond donors (Lipinski definition) is 1. The highest BCUT2D eigenvalue weighted by molar-refractivity contribution is 9.10. The molecular weight excluding hydrogens is 470 g/mol. The van der Waals surface area contributed by atoms with Gasteiger partial charge in [0.05, 0.1) is 6.61 Å². The van der Waals surface area contributed by atoms with Gasteiger partial charge in [0, 0.05) is 21.0 Å². The predicted octanol–water partition coefficient (Wildman–Crippen LogP) is 5.45. The van der Waals surface area contributed by atoms with E-state index >= 15 is 0 Å². The Morgan fingerprint density at radius 2 is 1.90 bits per heavy atom. The summed E-state index contributed by atoms with van der Waals surface area (Å²) in [7, 11) is 0. The highest BCUT2D eigenvalue weighted by atomic mass is 79.9. The number of esters is 1. The van der Waals surface area contributed by atoms with Crippen molar-refractivity contribution in [2.75, 3.05) is 18.5 Å². The summed E-state index contributed by atoms with van der Waals surface area (Å²) in [5.74, 6) is 0.440. The van der Waals surface area contributed by atoms with Gasteiger partial charge >= 0.3 is 5.97 Å². The van der Waals surface area contributed by atoms with Crippen molar-refractivity contribution in [3.63, 3.8) is 0 Å². The number of para-hydroxylation sites is 2. The first-order valence-electron chi connectivity index (χ1n) is 9.30. The number of nitrogens with one attached hydrogen (secondary N) is 1. The van der Waals surface area contributed by atoms with Gasteiger partial charge in [0.2, 0.25) is 0 Å². The van der Waals surface area contributed by atoms with Gasteiger partial charge in [0.25, 0.3) is 5.91 Å². The SMILES string of the molecule is CCOC(=O)c1c(C2COc3ccccc3O2)csc1NC(=O)c1ccc(Br)cc1. The van der Waals surface area contributed by atoms with Crippen LogP contribution in [-0.4, -0.2) is 25.1 Å². The number of hydrogen-bond acceptors (Lipinski definition) is 6. The molecule has 3 aromatic rings. The minimum atomic E-state index is -0.512. The van der Waals surface area contributed by atoms with Gasteiger partial charge in [-0.15, -0.1) is 11.3 Å². The van der Waals surface area contributed by atoms with Crippen LogP contribution in [0, 0.1) is 0 Å². The summed E-state index contributed by atoms with van der Waals surface area (Å²) in [6.07, 6.45) is -0.492. The molecule has 0 saturated heterocycles. The lowest BCUT2D eigenvalue weighted by atomic mass is 10.1. The Bertz CT molecular complexity index is 1080. The van der Waals surface area contributed by atoms with Gasteiger partial charge in [-0.05, 0) is 43.3 Å². The zero-order valence-corrected chi connectivity index (χ0v) is 18.4. The average Bonchev–Trinajstić information content (AvgIpc) is 3.17. The van der Waals surface area contributed by atoms with Crippen LogP contribution in [0.3, 0.4) is 0 Å². The number of amides is 1. The van der Waals surface area contributed by atoms with Crippen molar-refractivity contribution in [2.24, 2.45) is 0 Å². The van der Waals surface area contributed by atoms with Crippen molar-refractivity contribution in [2.45, 2.75) is 13.0 Å². The molecule has 0 fully saturated rings. The van der Waals surface area contributed by atoms with Crippen LogP contribution in [0.4, 0.5) is 5.00 Å². The highest BCUT2D eigenvalue weighted by Crippen LogP contribution is 2.40. The predicted molar refractivity (Wildman–Crippen MR) is 118 cm³/mol. The molecule has 2 heterocycles. The number of carbonyl (C=O) groups is 2. The molecule has 1 aromatic heterocycles. The Morgan fingerprint density at radius 1 is 1.17 bits per heavy atom. The van der Waals surface area contributed by atoms with Crippen molar-refractivity contribution >= 4 is 44.1 Å². The molecule has 6 nitrogen and oxygen atoms in total. The Balaban J connectivity index is 1.64. The molecule has 0 aliphatic carbocycles. The lowest BCUT2D eigenvalue weighted by molar-refractivity contribution is 0.0513. The van der Waals surface area contributed by atoms with E-state index in [0.29, 0.717) is 33.2 Å². The number of halogens is 1. The van der Waals surface area contributed by atoms with Gasteiger partial charge in [-0.1, -0.05) is 28.1 Å². The topological polar surface area (TPSA) is 73.9 Å². The molecule has 8 heteroatoms. The van der Waals surface area contributed by atoms with E-state index in [1.165, 1.54) is 11.3 Å². The fourth-order valence-corrected chi connectivity index (χ4v) is 4.31. The van der Waals surface area contributed by atoms with E-state index < -0.39 is 12.1 Å². The van der Waals surface area contributed by atoms with Crippen LogP contribution in [0.2, 0.25) is 0 Å². The summed E-state index contributed by atoms with van der Waals surface area (Å²) >= 11 is 4.61. The Kier molecular flexibility index (Phi) is 6.06. The molecule has 0 radical (unpaired) electrons. The number of ether oxygens (including phenoxy) is 3. The van der Waals surface area contributed by atoms with Crippen LogP contribution in [0.15, 0.2) is 58.4 Å². The molecule has 1 unspecified atom stereocenters. The summed E-state index contributed by atoms with van der Waals surface area (Å²) in [5, 5.41) is 5.04. The minimum absolute atomic E-state index is 0.221. The van der Waals surface area contributed by atoms with E-state index in [-0.39, 0.29) is 19.1 Å². The van der Waals surface area contributed by atoms with Gasteiger partial charge in [0.15, 0.2) is 17.6 Å². The third-order valence-electron chi connectivity index (χ3n) is 4.49. The molecule has 154 valence electrons. The zero-order chi connectivity index (χ0) is 21.1. The maximum absolute atomic E-state index is 12.7. The van der Waals surface area contributed by atoms with E-state index in [9.17, 15) is 9.59 Å². The molecule has 30 heavy (non-hydrogen) atoms. The number of carbonyl (C=O) groups excluding carboxylic acids is 2. The Hall–Kier alpha value is -2.84. The van der Waals surface area contributed by atoms with Crippen molar-refractivity contribution < 1.29 is 23.8 Å². The molecular formula is C22H18BrNO5S. The molecule has 1 aliphatic rings. The number of rotatable bonds is 5. The maximum Gasteiger partial charge on any atom is 0.341 e. The Labute approximate surface area is 185 Å². The second-order valence-electron chi connectivity index (χ2n) is 6.44. The fraction of sp³-hybridized carbons (Fsp3) is 0.182. The number of fused-ring (bicyclic) bond motifs is 1. The zero-order valence-electron chi connectivity index (χ0n) is 16.0. The molecule has 1 N–H and O–H groups in total. The summed E-state index contributed by atoms with van der Waals surface area (Å²) < 4.78 is 18.0. The van der Waals surface area contributed by atoms with Crippen molar-refractivity contribution in [1.29, 1.82) is 0 Å². The molecule has 4 rings (SSSR count). The summed E-state index contributed by atoms with van der Waals surface area (Å²) in [6.45, 7) is 2.21. The third kappa shape index (κ3) is 4.20. The van der Waals surface area contributed by atoms with Gasteiger partial charge in [-0.2, -0.15) is 0 Å². The summed E-state index contributed by atoms with van der Waals surface area (Å²) in [5.41, 5.74) is 1.40.